The average Bonchev–Trinajstić information content (AvgIpc) is 3.94. The van der Waals surface area contributed by atoms with Crippen LogP contribution in [0.25, 0.3) is 0 Å². The van der Waals surface area contributed by atoms with Crippen molar-refractivity contribution in [2.75, 3.05) is 76.1 Å². The zero-order valence-corrected chi connectivity index (χ0v) is 31.3. The van der Waals surface area contributed by atoms with Gasteiger partial charge in [-0.3, -0.25) is 20.2 Å². The van der Waals surface area contributed by atoms with Crippen molar-refractivity contribution in [2.24, 2.45) is 0 Å². The molecule has 0 saturated carbocycles. The van der Waals surface area contributed by atoms with E-state index < -0.39 is 44.6 Å². The van der Waals surface area contributed by atoms with Crippen LogP contribution in [0.4, 0.5) is 28.7 Å². The number of ether oxygens (including phenoxy) is 3. The van der Waals surface area contributed by atoms with Gasteiger partial charge in [0.15, 0.2) is 22.6 Å². The molecular weight excluding hydrogens is 766 g/mol. The van der Waals surface area contributed by atoms with Gasteiger partial charge < -0.3 is 50.4 Å². The lowest BCUT2D eigenvalue weighted by molar-refractivity contribution is -0.385. The second-order valence-electron chi connectivity index (χ2n) is 12.4. The van der Waals surface area contributed by atoms with Gasteiger partial charge in [-0.25, -0.2) is 29.3 Å². The molecule has 23 heteroatoms. The van der Waals surface area contributed by atoms with Gasteiger partial charge in [-0.15, -0.1) is 0 Å². The molecule has 3 aromatic rings. The van der Waals surface area contributed by atoms with Crippen molar-refractivity contribution in [3.05, 3.63) is 80.4 Å². The van der Waals surface area contributed by atoms with Crippen LogP contribution < -0.4 is 20.9 Å². The summed E-state index contributed by atoms with van der Waals surface area (Å²) in [5, 5.41) is 53.4. The summed E-state index contributed by atoms with van der Waals surface area (Å²) in [5.41, 5.74) is 1.64. The van der Waals surface area contributed by atoms with E-state index in [0.29, 0.717) is 50.5 Å². The summed E-state index contributed by atoms with van der Waals surface area (Å²) in [5.74, 6) is -1.17. The standard InChI is InChI=1S/C11H13N3O5.C11H15N3O3.C6H11NO3.C5H3ClN2O2/c1-19-10(15)11(16)4-6-13(7-11)9-8(14(17)18)3-2-5-12-9;1-17-10(15)11(16)4-6-14(7-11)9-8(12)3-2-5-13-9;1-10-5(8)6(9)2-3-7-4-6;6-5-4(8(9)10)2-1-3-7-5/h2-3,5,16H,4,6-7H2,1H3;2-3,5,16H,4,6-7,12H2,1H3;7,9H,2-4H2,1H3;1-3H. The highest BCUT2D eigenvalue weighted by atomic mass is 35.5. The highest BCUT2D eigenvalue weighted by Gasteiger charge is 2.46. The number of carbonyl (C=O) groups is 3. The number of nitrogen functional groups attached to an aromatic ring is 1. The lowest BCUT2D eigenvalue weighted by atomic mass is 10.0. The third-order valence-corrected chi connectivity index (χ3v) is 8.93. The second-order valence-corrected chi connectivity index (χ2v) is 12.8. The number of nitrogens with one attached hydrogen (secondary N) is 1. The largest absolute Gasteiger partial charge is 0.467 e. The van der Waals surface area contributed by atoms with Crippen molar-refractivity contribution in [1.29, 1.82) is 0 Å². The molecule has 304 valence electrons. The van der Waals surface area contributed by atoms with Gasteiger partial charge in [0.05, 0.1) is 50.0 Å². The monoisotopic (exact) mass is 807 g/mol. The SMILES string of the molecule is COC(=O)C1(O)CCN(c2ncccc2N)C1.COC(=O)C1(O)CCN(c2ncccc2[N+](=O)[O-])C1.COC(=O)C1(O)CCNC1.O=[N+]([O-])c1cccnc1Cl. The fourth-order valence-electron chi connectivity index (χ4n) is 5.67. The smallest absolute Gasteiger partial charge is 0.339 e. The number of carbonyl (C=O) groups excluding carboxylic acids is 3. The molecule has 6 rings (SSSR count). The van der Waals surface area contributed by atoms with Crippen LogP contribution in [0.2, 0.25) is 5.15 Å². The van der Waals surface area contributed by atoms with Crippen LogP contribution in [0.3, 0.4) is 0 Å². The topological polar surface area (TPSA) is 309 Å². The van der Waals surface area contributed by atoms with Gasteiger partial charge in [0.2, 0.25) is 11.0 Å². The number of nitrogens with zero attached hydrogens (tertiary/aromatic N) is 7. The number of anilines is 3. The lowest BCUT2D eigenvalue weighted by Gasteiger charge is -2.22. The minimum Gasteiger partial charge on any atom is -0.467 e. The molecule has 0 bridgehead atoms. The Bertz CT molecular complexity index is 1870. The molecule has 3 aliphatic rings. The van der Waals surface area contributed by atoms with E-state index >= 15 is 0 Å². The minimum atomic E-state index is -1.64. The lowest BCUT2D eigenvalue weighted by Crippen LogP contribution is -2.42. The number of β-amino-alcohol motifs (C(OH)–C–C–N with tert-alkyl or cyclic N) is 3. The maximum absolute atomic E-state index is 11.5. The summed E-state index contributed by atoms with van der Waals surface area (Å²) < 4.78 is 13.5. The molecule has 56 heavy (non-hydrogen) atoms. The number of aliphatic hydroxyl groups is 3. The first-order valence-electron chi connectivity index (χ1n) is 16.6. The van der Waals surface area contributed by atoms with Gasteiger partial charge in [-0.05, 0) is 30.8 Å². The van der Waals surface area contributed by atoms with Gasteiger partial charge in [0.25, 0.3) is 0 Å². The van der Waals surface area contributed by atoms with E-state index in [1.54, 1.807) is 23.2 Å². The molecule has 22 nitrogen and oxygen atoms in total. The molecule has 0 aliphatic carbocycles. The van der Waals surface area contributed by atoms with Crippen LogP contribution in [0.15, 0.2) is 55.0 Å². The molecule has 3 atom stereocenters. The first kappa shape index (κ1) is 44.6. The van der Waals surface area contributed by atoms with Crippen molar-refractivity contribution < 1.29 is 53.8 Å². The van der Waals surface area contributed by atoms with Crippen molar-refractivity contribution >= 4 is 58.2 Å². The zero-order chi connectivity index (χ0) is 41.7. The Balaban J connectivity index is 0.000000208. The van der Waals surface area contributed by atoms with Crippen molar-refractivity contribution in [1.82, 2.24) is 20.3 Å². The van der Waals surface area contributed by atoms with E-state index in [2.05, 4.69) is 34.5 Å². The van der Waals surface area contributed by atoms with Crippen LogP contribution >= 0.6 is 11.6 Å². The Morgan fingerprint density at radius 3 is 1.62 bits per heavy atom. The molecule has 3 saturated heterocycles. The van der Waals surface area contributed by atoms with E-state index in [9.17, 15) is 49.9 Å². The number of esters is 3. The van der Waals surface area contributed by atoms with Crippen molar-refractivity contribution in [3.8, 4) is 0 Å². The summed E-state index contributed by atoms with van der Waals surface area (Å²) in [6.45, 7) is 1.87. The number of aromatic nitrogens is 3. The number of halogens is 1. The molecule has 6 heterocycles. The third kappa shape index (κ3) is 11.1. The Morgan fingerprint density at radius 2 is 1.20 bits per heavy atom. The minimum absolute atomic E-state index is 0.0719. The Labute approximate surface area is 324 Å². The van der Waals surface area contributed by atoms with E-state index in [0.717, 1.165) is 0 Å². The first-order valence-corrected chi connectivity index (χ1v) is 17.0. The average molecular weight is 808 g/mol. The zero-order valence-electron chi connectivity index (χ0n) is 30.6. The highest BCUT2D eigenvalue weighted by Crippen LogP contribution is 2.32. The number of rotatable bonds is 7. The van der Waals surface area contributed by atoms with Crippen LogP contribution in [0.5, 0.6) is 0 Å². The number of hydrogen-bond donors (Lipinski definition) is 5. The third-order valence-electron chi connectivity index (χ3n) is 8.64. The van der Waals surface area contributed by atoms with Crippen LogP contribution in [0, 0.1) is 20.2 Å². The van der Waals surface area contributed by atoms with E-state index in [1.807, 2.05) is 0 Å². The normalized spacial score (nSPS) is 22.2. The van der Waals surface area contributed by atoms with Gasteiger partial charge in [-0.2, -0.15) is 0 Å². The summed E-state index contributed by atoms with van der Waals surface area (Å²) in [4.78, 5) is 68.6. The molecule has 3 aromatic heterocycles. The van der Waals surface area contributed by atoms with Crippen molar-refractivity contribution in [2.45, 2.75) is 36.1 Å². The number of nitro groups is 2. The Morgan fingerprint density at radius 1 is 0.750 bits per heavy atom. The highest BCUT2D eigenvalue weighted by molar-refractivity contribution is 6.31. The molecule has 0 aromatic carbocycles. The fourth-order valence-corrected chi connectivity index (χ4v) is 5.86. The number of nitrogens with two attached hydrogens (primary N) is 1. The number of hydrogen-bond acceptors (Lipinski definition) is 20. The van der Waals surface area contributed by atoms with E-state index in [1.165, 1.54) is 62.9 Å². The quantitative estimate of drug-likeness (QED) is 0.0709. The molecule has 0 amide bonds. The summed E-state index contributed by atoms with van der Waals surface area (Å²) in [6, 6.07) is 9.03. The predicted octanol–water partition coefficient (Wildman–Crippen LogP) is 0.409. The molecule has 3 fully saturated rings. The summed E-state index contributed by atoms with van der Waals surface area (Å²) >= 11 is 5.37. The molecule has 6 N–H and O–H groups in total. The van der Waals surface area contributed by atoms with Gasteiger partial charge in [-0.1, -0.05) is 11.6 Å². The first-order chi connectivity index (χ1) is 26.4. The Hall–Kier alpha value is -5.81. The number of methoxy groups -OCH3 is 3. The van der Waals surface area contributed by atoms with Gasteiger partial charge in [0, 0.05) is 69.6 Å². The number of pyridine rings is 3. The Kier molecular flexibility index (Phi) is 15.7. The fraction of sp³-hybridized carbons (Fsp3) is 0.455. The maximum Gasteiger partial charge on any atom is 0.339 e. The second kappa shape index (κ2) is 19.7. The van der Waals surface area contributed by atoms with Crippen LogP contribution in [-0.4, -0.2) is 135 Å². The van der Waals surface area contributed by atoms with Crippen molar-refractivity contribution in [3.63, 3.8) is 0 Å². The molecule has 3 aliphatic heterocycles. The van der Waals surface area contributed by atoms with Gasteiger partial charge in [0.1, 0.15) is 0 Å². The van der Waals surface area contributed by atoms with E-state index in [4.69, 9.17) is 17.3 Å². The molecular formula is C33H42ClN9O13. The maximum atomic E-state index is 11.5. The van der Waals surface area contributed by atoms with Gasteiger partial charge >= 0.3 is 29.3 Å². The predicted molar refractivity (Wildman–Crippen MR) is 197 cm³/mol. The van der Waals surface area contributed by atoms with E-state index in [-0.39, 0.29) is 41.9 Å². The molecule has 0 spiro atoms. The van der Waals surface area contributed by atoms with Crippen LogP contribution in [0.1, 0.15) is 19.3 Å². The van der Waals surface area contributed by atoms with Crippen LogP contribution in [-0.2, 0) is 28.6 Å². The summed E-state index contributed by atoms with van der Waals surface area (Å²) in [7, 11) is 3.73. The molecule has 0 radical (unpaired) electrons. The molecule has 3 unspecified atom stereocenters. The summed E-state index contributed by atoms with van der Waals surface area (Å²) in [6.07, 6.45) is 5.36.